The molecular formula is C16H19N3OS. The van der Waals surface area contributed by atoms with Crippen LogP contribution in [0.5, 0.6) is 0 Å². The van der Waals surface area contributed by atoms with Crippen molar-refractivity contribution in [3.8, 4) is 11.3 Å². The number of hydrogen-bond acceptors (Lipinski definition) is 4. The van der Waals surface area contributed by atoms with Crippen molar-refractivity contribution in [3.63, 3.8) is 0 Å². The smallest absolute Gasteiger partial charge is 0.235 e. The Bertz CT molecular complexity index is 629. The van der Waals surface area contributed by atoms with E-state index >= 15 is 0 Å². The number of benzene rings is 1. The van der Waals surface area contributed by atoms with Crippen molar-refractivity contribution in [1.82, 2.24) is 14.9 Å². The highest BCUT2D eigenvalue weighted by molar-refractivity contribution is 8.00. The summed E-state index contributed by atoms with van der Waals surface area (Å²) in [5, 5.41) is 0.432. The molecule has 0 aliphatic heterocycles. The van der Waals surface area contributed by atoms with E-state index in [2.05, 4.69) is 9.97 Å². The Morgan fingerprint density at radius 1 is 1.19 bits per heavy atom. The van der Waals surface area contributed by atoms with E-state index in [1.165, 1.54) is 11.8 Å². The molecule has 0 bridgehead atoms. The summed E-state index contributed by atoms with van der Waals surface area (Å²) in [6, 6.07) is 11.9. The van der Waals surface area contributed by atoms with Crippen molar-refractivity contribution in [2.75, 3.05) is 14.1 Å². The second kappa shape index (κ2) is 6.72. The van der Waals surface area contributed by atoms with Gasteiger partial charge >= 0.3 is 0 Å². The first kappa shape index (κ1) is 15.5. The van der Waals surface area contributed by atoms with Gasteiger partial charge in [0.2, 0.25) is 5.91 Å². The topological polar surface area (TPSA) is 46.1 Å². The van der Waals surface area contributed by atoms with Crippen molar-refractivity contribution in [2.45, 2.75) is 24.3 Å². The average Bonchev–Trinajstić information content (AvgIpc) is 2.46. The van der Waals surface area contributed by atoms with Gasteiger partial charge in [-0.05, 0) is 19.9 Å². The van der Waals surface area contributed by atoms with Gasteiger partial charge in [-0.1, -0.05) is 42.1 Å². The predicted molar refractivity (Wildman–Crippen MR) is 86.2 cm³/mol. The molecule has 21 heavy (non-hydrogen) atoms. The van der Waals surface area contributed by atoms with Crippen LogP contribution in [0.1, 0.15) is 12.6 Å². The molecule has 0 unspecified atom stereocenters. The van der Waals surface area contributed by atoms with Crippen LogP contribution in [0.15, 0.2) is 41.6 Å². The Morgan fingerprint density at radius 3 is 2.48 bits per heavy atom. The van der Waals surface area contributed by atoms with Crippen LogP contribution in [0.4, 0.5) is 0 Å². The molecule has 1 aromatic carbocycles. The first-order valence-corrected chi connectivity index (χ1v) is 7.64. The molecule has 0 N–H and O–H groups in total. The lowest BCUT2D eigenvalue weighted by Gasteiger charge is -2.16. The number of aryl methyl sites for hydroxylation is 1. The molecule has 110 valence electrons. The molecule has 5 heteroatoms. The van der Waals surface area contributed by atoms with Gasteiger partial charge in [-0.3, -0.25) is 4.79 Å². The summed E-state index contributed by atoms with van der Waals surface area (Å²) < 4.78 is 0. The molecule has 0 saturated carbocycles. The molecular weight excluding hydrogens is 282 g/mol. The molecule has 1 heterocycles. The van der Waals surface area contributed by atoms with E-state index in [0.717, 1.165) is 17.0 Å². The molecule has 2 rings (SSSR count). The molecule has 4 nitrogen and oxygen atoms in total. The Balaban J connectivity index is 2.26. The molecule has 2 aromatic rings. The van der Waals surface area contributed by atoms with Gasteiger partial charge in [0.05, 0.1) is 10.9 Å². The van der Waals surface area contributed by atoms with Crippen molar-refractivity contribution in [2.24, 2.45) is 0 Å². The summed E-state index contributed by atoms with van der Waals surface area (Å²) in [5.74, 6) is 0.0615. The summed E-state index contributed by atoms with van der Waals surface area (Å²) in [6.07, 6.45) is 0. The maximum Gasteiger partial charge on any atom is 0.235 e. The summed E-state index contributed by atoms with van der Waals surface area (Å²) >= 11 is 1.39. The van der Waals surface area contributed by atoms with Gasteiger partial charge in [-0.2, -0.15) is 0 Å². The van der Waals surface area contributed by atoms with Gasteiger partial charge in [-0.25, -0.2) is 9.97 Å². The Morgan fingerprint density at radius 2 is 1.86 bits per heavy atom. The Kier molecular flexibility index (Phi) is 4.96. The monoisotopic (exact) mass is 301 g/mol. The van der Waals surface area contributed by atoms with E-state index in [1.54, 1.807) is 19.0 Å². The summed E-state index contributed by atoms with van der Waals surface area (Å²) in [5.41, 5.74) is 2.84. The summed E-state index contributed by atoms with van der Waals surface area (Å²) in [7, 11) is 3.51. The highest BCUT2D eigenvalue weighted by Crippen LogP contribution is 2.24. The minimum absolute atomic E-state index is 0.0615. The van der Waals surface area contributed by atoms with Crippen LogP contribution in [0.2, 0.25) is 0 Å². The van der Waals surface area contributed by atoms with E-state index < -0.39 is 0 Å². The minimum atomic E-state index is -0.203. The third kappa shape index (κ3) is 4.04. The van der Waals surface area contributed by atoms with Crippen LogP contribution in [0.25, 0.3) is 11.3 Å². The summed E-state index contributed by atoms with van der Waals surface area (Å²) in [4.78, 5) is 22.5. The number of aromatic nitrogens is 2. The zero-order valence-electron chi connectivity index (χ0n) is 12.7. The Labute approximate surface area is 129 Å². The fourth-order valence-electron chi connectivity index (χ4n) is 1.92. The standard InChI is InChI=1S/C16H19N3OS/c1-11-10-14(13-8-6-5-7-9-13)18-16(17-11)21-12(2)15(20)19(3)4/h5-10,12H,1-4H3/t12-/m0/s1. The average molecular weight is 301 g/mol. The molecule has 0 aliphatic rings. The van der Waals surface area contributed by atoms with Gasteiger partial charge in [0.1, 0.15) is 0 Å². The molecule has 0 spiro atoms. The van der Waals surface area contributed by atoms with E-state index in [9.17, 15) is 4.79 Å². The number of thioether (sulfide) groups is 1. The number of carbonyl (C=O) groups is 1. The van der Waals surface area contributed by atoms with Crippen molar-refractivity contribution in [1.29, 1.82) is 0 Å². The van der Waals surface area contributed by atoms with Crippen LogP contribution >= 0.6 is 11.8 Å². The van der Waals surface area contributed by atoms with Gasteiger partial charge in [0.25, 0.3) is 0 Å². The maximum absolute atomic E-state index is 11.9. The van der Waals surface area contributed by atoms with Gasteiger partial charge < -0.3 is 4.90 Å². The quantitative estimate of drug-likeness (QED) is 0.643. The number of amides is 1. The predicted octanol–water partition coefficient (Wildman–Crippen LogP) is 3.02. The van der Waals surface area contributed by atoms with Crippen molar-refractivity contribution in [3.05, 3.63) is 42.1 Å². The van der Waals surface area contributed by atoms with Gasteiger partial charge in [0, 0.05) is 25.4 Å². The highest BCUT2D eigenvalue weighted by atomic mass is 32.2. The minimum Gasteiger partial charge on any atom is -0.348 e. The lowest BCUT2D eigenvalue weighted by Crippen LogP contribution is -2.29. The third-order valence-electron chi connectivity index (χ3n) is 2.97. The zero-order chi connectivity index (χ0) is 15.4. The van der Waals surface area contributed by atoms with E-state index in [1.807, 2.05) is 50.2 Å². The molecule has 1 aromatic heterocycles. The fourth-order valence-corrected chi connectivity index (χ4v) is 2.90. The zero-order valence-corrected chi connectivity index (χ0v) is 13.5. The SMILES string of the molecule is Cc1cc(-c2ccccc2)nc(S[C@@H](C)C(=O)N(C)C)n1. The van der Waals surface area contributed by atoms with Crippen molar-refractivity contribution < 1.29 is 4.79 Å². The largest absolute Gasteiger partial charge is 0.348 e. The van der Waals surface area contributed by atoms with Crippen LogP contribution in [0, 0.1) is 6.92 Å². The summed E-state index contributed by atoms with van der Waals surface area (Å²) in [6.45, 7) is 3.82. The van der Waals surface area contributed by atoms with E-state index in [0.29, 0.717) is 5.16 Å². The first-order chi connectivity index (χ1) is 9.97. The lowest BCUT2D eigenvalue weighted by atomic mass is 10.1. The van der Waals surface area contributed by atoms with E-state index in [4.69, 9.17) is 0 Å². The van der Waals surface area contributed by atoms with Crippen LogP contribution in [0.3, 0.4) is 0 Å². The Hall–Kier alpha value is -1.88. The first-order valence-electron chi connectivity index (χ1n) is 6.76. The molecule has 1 amide bonds. The highest BCUT2D eigenvalue weighted by Gasteiger charge is 2.18. The molecule has 0 aliphatic carbocycles. The second-order valence-electron chi connectivity index (χ2n) is 5.04. The van der Waals surface area contributed by atoms with Crippen molar-refractivity contribution >= 4 is 17.7 Å². The van der Waals surface area contributed by atoms with Crippen LogP contribution in [-0.2, 0) is 4.79 Å². The third-order valence-corrected chi connectivity index (χ3v) is 3.92. The molecule has 0 fully saturated rings. The lowest BCUT2D eigenvalue weighted by molar-refractivity contribution is -0.127. The number of rotatable bonds is 4. The van der Waals surface area contributed by atoms with E-state index in [-0.39, 0.29) is 11.2 Å². The number of hydrogen-bond donors (Lipinski definition) is 0. The maximum atomic E-state index is 11.9. The second-order valence-corrected chi connectivity index (χ2v) is 6.34. The van der Waals surface area contributed by atoms with Gasteiger partial charge in [-0.15, -0.1) is 0 Å². The molecule has 0 saturated heterocycles. The van der Waals surface area contributed by atoms with Gasteiger partial charge in [0.15, 0.2) is 5.16 Å². The number of nitrogens with zero attached hydrogens (tertiary/aromatic N) is 3. The number of carbonyl (C=O) groups excluding carboxylic acids is 1. The van der Waals surface area contributed by atoms with Crippen LogP contribution in [-0.4, -0.2) is 40.1 Å². The molecule has 0 radical (unpaired) electrons. The fraction of sp³-hybridized carbons (Fsp3) is 0.312. The van der Waals surface area contributed by atoms with Crippen LogP contribution < -0.4 is 0 Å². The normalized spacial score (nSPS) is 12.0. The molecule has 1 atom stereocenters.